The number of carbonyl (C=O) groups is 1. The van der Waals surface area contributed by atoms with E-state index in [4.69, 9.17) is 9.85 Å². The van der Waals surface area contributed by atoms with Crippen LogP contribution in [0.2, 0.25) is 0 Å². The van der Waals surface area contributed by atoms with E-state index in [1.807, 2.05) is 0 Å². The summed E-state index contributed by atoms with van der Waals surface area (Å²) in [5.74, 6) is -6.65. The van der Waals surface area contributed by atoms with Crippen molar-refractivity contribution in [3.63, 3.8) is 0 Å². The predicted octanol–water partition coefficient (Wildman–Crippen LogP) is 2.58. The Morgan fingerprint density at radius 1 is 1.14 bits per heavy atom. The quantitative estimate of drug-likeness (QED) is 0.376. The van der Waals surface area contributed by atoms with E-state index in [-0.39, 0.29) is 45.6 Å². The molecule has 0 bridgehead atoms. The van der Waals surface area contributed by atoms with Gasteiger partial charge in [-0.1, -0.05) is 0 Å². The maximum atomic E-state index is 13.6. The fraction of sp³-hybridized carbons (Fsp3) is 0.333. The monoisotopic (exact) mass is 523 g/mol. The molecule has 1 amide bonds. The molecule has 4 aromatic rings. The number of nitrogen functional groups attached to an aromatic ring is 1. The lowest BCUT2D eigenvalue weighted by molar-refractivity contribution is -0.284. The molecular weight excluding hydrogens is 503 g/mol. The average molecular weight is 523 g/mol. The Labute approximate surface area is 208 Å². The van der Waals surface area contributed by atoms with Crippen LogP contribution in [0.4, 0.5) is 33.6 Å². The molecule has 0 aliphatic carbocycles. The summed E-state index contributed by atoms with van der Waals surface area (Å²) in [7, 11) is 0. The minimum atomic E-state index is -5.81. The van der Waals surface area contributed by atoms with Crippen LogP contribution in [0.3, 0.4) is 0 Å². The number of alkyl halides is 5. The van der Waals surface area contributed by atoms with Gasteiger partial charge in [0.25, 0.3) is 0 Å². The third kappa shape index (κ3) is 3.79. The highest BCUT2D eigenvalue weighted by Gasteiger charge is 2.56. The van der Waals surface area contributed by atoms with Gasteiger partial charge in [-0.2, -0.15) is 27.1 Å². The zero-order valence-corrected chi connectivity index (χ0v) is 18.7. The Morgan fingerprint density at radius 3 is 2.54 bits per heavy atom. The average Bonchev–Trinajstić information content (AvgIpc) is 3.41. The minimum absolute atomic E-state index is 0.0532. The van der Waals surface area contributed by atoms with E-state index in [0.29, 0.717) is 4.68 Å². The second kappa shape index (κ2) is 8.07. The molecule has 1 aliphatic heterocycles. The van der Waals surface area contributed by atoms with Gasteiger partial charge in [0, 0.05) is 36.3 Å². The van der Waals surface area contributed by atoms with Gasteiger partial charge in [0.1, 0.15) is 34.4 Å². The summed E-state index contributed by atoms with van der Waals surface area (Å²) in [6.45, 7) is -1.38. The molecule has 192 valence electrons. The fourth-order valence-electron chi connectivity index (χ4n) is 3.93. The largest absolute Gasteiger partial charge is 0.453 e. The Kier molecular flexibility index (Phi) is 4.54. The first kappa shape index (κ1) is 20.8. The van der Waals surface area contributed by atoms with Crippen LogP contribution in [-0.4, -0.2) is 57.7 Å². The maximum Gasteiger partial charge on any atom is 0.453 e. The van der Waals surface area contributed by atoms with Crippen molar-refractivity contribution < 1.29 is 30.9 Å². The van der Waals surface area contributed by atoms with Crippen LogP contribution in [0.1, 0.15) is 34.7 Å². The lowest BCUT2D eigenvalue weighted by Crippen LogP contribution is -2.36. The Balaban J connectivity index is 1.66. The normalized spacial score (nSPS) is 19.3. The van der Waals surface area contributed by atoms with Crippen LogP contribution in [0.25, 0.3) is 22.6 Å². The smallest absolute Gasteiger partial charge is 0.383 e. The zero-order chi connectivity index (χ0) is 29.3. The summed E-state index contributed by atoms with van der Waals surface area (Å²) >= 11 is 0. The van der Waals surface area contributed by atoms with E-state index < -0.39 is 49.1 Å². The third-order valence-electron chi connectivity index (χ3n) is 5.90. The van der Waals surface area contributed by atoms with E-state index in [1.54, 1.807) is 6.07 Å². The van der Waals surface area contributed by atoms with Gasteiger partial charge in [-0.15, -0.1) is 0 Å². The van der Waals surface area contributed by atoms with E-state index in [9.17, 15) is 26.7 Å². The van der Waals surface area contributed by atoms with Crippen molar-refractivity contribution in [1.82, 2.24) is 39.7 Å². The van der Waals surface area contributed by atoms with Crippen LogP contribution in [-0.2, 0) is 23.6 Å². The number of fused-ring (bicyclic) bond motifs is 2. The van der Waals surface area contributed by atoms with Gasteiger partial charge in [-0.05, 0) is 13.0 Å². The van der Waals surface area contributed by atoms with Crippen LogP contribution < -0.4 is 11.1 Å². The van der Waals surface area contributed by atoms with Gasteiger partial charge < -0.3 is 11.1 Å². The Bertz CT molecular complexity index is 1640. The van der Waals surface area contributed by atoms with Crippen LogP contribution in [0.15, 0.2) is 24.7 Å². The Hall–Kier alpha value is -4.37. The number of nitrogens with zero attached hydrogens (tertiary/aromatic N) is 8. The molecule has 5 heterocycles. The number of hydrogen-bond donors (Lipinski definition) is 2. The molecule has 0 radical (unpaired) electrons. The van der Waals surface area contributed by atoms with Crippen LogP contribution in [0, 0.1) is 0 Å². The second-order valence-corrected chi connectivity index (χ2v) is 8.29. The van der Waals surface area contributed by atoms with Gasteiger partial charge in [-0.3, -0.25) is 9.48 Å². The molecule has 37 heavy (non-hydrogen) atoms. The summed E-state index contributed by atoms with van der Waals surface area (Å²) in [5, 5.41) is 6.27. The number of anilines is 2. The van der Waals surface area contributed by atoms with Crippen molar-refractivity contribution >= 4 is 28.6 Å². The summed E-state index contributed by atoms with van der Waals surface area (Å²) < 4.78 is 89.0. The molecule has 3 N–H and O–H groups in total. The number of aryl methyl sites for hydroxylation is 2. The molecule has 1 aliphatic rings. The minimum Gasteiger partial charge on any atom is -0.383 e. The lowest BCUT2D eigenvalue weighted by atomic mass is 9.83. The van der Waals surface area contributed by atoms with Crippen molar-refractivity contribution in [2.24, 2.45) is 6.98 Å². The van der Waals surface area contributed by atoms with Crippen molar-refractivity contribution in [2.75, 3.05) is 11.1 Å². The van der Waals surface area contributed by atoms with Crippen molar-refractivity contribution in [2.45, 2.75) is 37.3 Å². The van der Waals surface area contributed by atoms with E-state index in [1.165, 1.54) is 19.3 Å². The summed E-state index contributed by atoms with van der Waals surface area (Å²) in [6, 6.07) is 1.55. The Morgan fingerprint density at radius 2 is 1.86 bits per heavy atom. The standard InChI is InChI=1S/C21H17F5N10O/c1-19(17-28-6-3-7-29-17)11-13(27)33-15(34-14(11)35-18(19)37)12-9-8-30-36(2)16(9)32-10(31-12)4-5-20(22,23)21(24,25)26/h3,6-8H,4-5H2,1-2H3,(H3,27,33,34,35,37)/i2D3. The summed E-state index contributed by atoms with van der Waals surface area (Å²) in [4.78, 5) is 37.7. The number of aromatic nitrogens is 8. The van der Waals surface area contributed by atoms with Gasteiger partial charge in [0.15, 0.2) is 11.5 Å². The van der Waals surface area contributed by atoms with E-state index in [2.05, 4.69) is 40.3 Å². The zero-order valence-electron chi connectivity index (χ0n) is 21.7. The first-order valence-corrected chi connectivity index (χ1v) is 10.5. The number of hydrogen-bond acceptors (Lipinski definition) is 9. The highest BCUT2D eigenvalue weighted by atomic mass is 19.4. The fourth-order valence-corrected chi connectivity index (χ4v) is 3.93. The molecule has 1 atom stereocenters. The topological polar surface area (TPSA) is 150 Å². The number of halogens is 5. The number of carbonyl (C=O) groups excluding carboxylic acids is 1. The predicted molar refractivity (Wildman–Crippen MR) is 118 cm³/mol. The number of rotatable bonds is 5. The molecule has 4 aromatic heterocycles. The van der Waals surface area contributed by atoms with Crippen LogP contribution >= 0.6 is 0 Å². The van der Waals surface area contributed by atoms with Crippen LogP contribution in [0.5, 0.6) is 0 Å². The third-order valence-corrected chi connectivity index (χ3v) is 5.90. The molecule has 0 spiro atoms. The molecule has 0 saturated heterocycles. The highest BCUT2D eigenvalue weighted by molar-refractivity contribution is 6.08. The highest BCUT2D eigenvalue weighted by Crippen LogP contribution is 2.44. The molecule has 0 saturated carbocycles. The summed E-state index contributed by atoms with van der Waals surface area (Å²) in [5.41, 5.74) is 4.25. The second-order valence-electron chi connectivity index (χ2n) is 8.29. The number of amides is 1. The molecule has 0 aromatic carbocycles. The maximum absolute atomic E-state index is 13.6. The number of nitrogens with two attached hydrogens (primary N) is 1. The molecule has 1 unspecified atom stereocenters. The number of nitrogens with one attached hydrogen (secondary N) is 1. The van der Waals surface area contributed by atoms with Gasteiger partial charge >= 0.3 is 12.1 Å². The molecule has 5 rings (SSSR count). The van der Waals surface area contributed by atoms with Gasteiger partial charge in [0.05, 0.1) is 17.1 Å². The van der Waals surface area contributed by atoms with Crippen molar-refractivity contribution in [3.05, 3.63) is 41.9 Å². The molecule has 0 fully saturated rings. The first-order chi connectivity index (χ1) is 18.5. The van der Waals surface area contributed by atoms with Gasteiger partial charge in [0.2, 0.25) is 5.91 Å². The summed E-state index contributed by atoms with van der Waals surface area (Å²) in [6.07, 6.45) is -4.60. The van der Waals surface area contributed by atoms with E-state index >= 15 is 0 Å². The molecular formula is C21H17F5N10O. The molecule has 11 nitrogen and oxygen atoms in total. The van der Waals surface area contributed by atoms with Crippen molar-refractivity contribution in [1.29, 1.82) is 0 Å². The first-order valence-electron chi connectivity index (χ1n) is 12.0. The van der Waals surface area contributed by atoms with Gasteiger partial charge in [-0.25, -0.2) is 29.9 Å². The SMILES string of the molecule is [2H]C([2H])([2H])n1ncc2c(-c3nc(N)c4c(n3)NC(=O)C4(C)c3ncccn3)nc(CCC(F)(F)C(F)(F)F)nc21. The van der Waals surface area contributed by atoms with E-state index in [0.717, 1.165) is 6.20 Å². The molecule has 16 heteroatoms. The lowest BCUT2D eigenvalue weighted by Gasteiger charge is -2.20. The van der Waals surface area contributed by atoms with Crippen molar-refractivity contribution in [3.8, 4) is 11.5 Å².